The van der Waals surface area contributed by atoms with E-state index >= 15 is 0 Å². The van der Waals surface area contributed by atoms with Gasteiger partial charge in [-0.1, -0.05) is 0 Å². The highest BCUT2D eigenvalue weighted by Gasteiger charge is 2.27. The predicted molar refractivity (Wildman–Crippen MR) is 148 cm³/mol. The number of rotatable bonds is 14. The number of ether oxygens (including phenoxy) is 2. The van der Waals surface area contributed by atoms with Crippen LogP contribution in [0.25, 0.3) is 16.6 Å². The molecular formula is C26H34N8O3. The number of nitrogens with one attached hydrogen (secondary N) is 3. The third-order valence-corrected chi connectivity index (χ3v) is 5.33. The van der Waals surface area contributed by atoms with E-state index < -0.39 is 0 Å². The van der Waals surface area contributed by atoms with Crippen LogP contribution in [-0.4, -0.2) is 73.4 Å². The number of aromatic nitrogens is 2. The lowest BCUT2D eigenvalue weighted by Crippen LogP contribution is -2.35. The van der Waals surface area contributed by atoms with Crippen molar-refractivity contribution in [2.45, 2.75) is 27.2 Å². The van der Waals surface area contributed by atoms with Crippen LogP contribution in [0.2, 0.25) is 0 Å². The van der Waals surface area contributed by atoms with Crippen molar-refractivity contribution in [3.63, 3.8) is 0 Å². The molecule has 0 bridgehead atoms. The molecule has 3 N–H and O–H groups in total. The largest absolute Gasteiger partial charge is 0.490 e. The number of carbonyl (C=O) groups excluding carboxylic acids is 1. The normalized spacial score (nSPS) is 15.0. The SMILES string of the molecule is C=N/C=C\C=N/CCNC1=C(c2nc3cc(OCC)c(OCC)cc3[nH]2)C(=O)N/C(=C/N(CC)N=C)C1. The summed E-state index contributed by atoms with van der Waals surface area (Å²) >= 11 is 0. The molecule has 0 radical (unpaired) electrons. The summed E-state index contributed by atoms with van der Waals surface area (Å²) in [5, 5.41) is 11.9. The number of nitrogens with zero attached hydrogens (tertiary/aromatic N) is 5. The summed E-state index contributed by atoms with van der Waals surface area (Å²) in [5.41, 5.74) is 3.26. The van der Waals surface area contributed by atoms with Gasteiger partial charge in [-0.25, -0.2) is 4.98 Å². The first-order chi connectivity index (χ1) is 18.0. The first kappa shape index (κ1) is 27.2. The number of hydrogen-bond donors (Lipinski definition) is 3. The van der Waals surface area contributed by atoms with Gasteiger partial charge in [0.05, 0.1) is 30.8 Å². The number of H-pyrrole nitrogens is 1. The Kier molecular flexibility index (Phi) is 10.0. The van der Waals surface area contributed by atoms with E-state index in [2.05, 4.69) is 44.1 Å². The van der Waals surface area contributed by atoms with Crippen LogP contribution in [0.3, 0.4) is 0 Å². The number of aliphatic imine (C=N–C) groups is 2. The molecule has 0 spiro atoms. The second-order valence-corrected chi connectivity index (χ2v) is 7.81. The number of benzene rings is 1. The molecule has 1 aromatic heterocycles. The molecule has 1 amide bonds. The van der Waals surface area contributed by atoms with Gasteiger partial charge >= 0.3 is 0 Å². The van der Waals surface area contributed by atoms with Gasteiger partial charge < -0.3 is 25.1 Å². The maximum absolute atomic E-state index is 13.3. The third-order valence-electron chi connectivity index (χ3n) is 5.33. The number of imidazole rings is 1. The zero-order chi connectivity index (χ0) is 26.6. The maximum atomic E-state index is 13.3. The molecule has 0 saturated carbocycles. The molecule has 0 aliphatic carbocycles. The minimum absolute atomic E-state index is 0.280. The van der Waals surface area contributed by atoms with Crippen molar-refractivity contribution in [1.29, 1.82) is 0 Å². The molecule has 1 aliphatic rings. The van der Waals surface area contributed by atoms with Crippen LogP contribution >= 0.6 is 0 Å². The number of carbonyl (C=O) groups is 1. The molecule has 11 nitrogen and oxygen atoms in total. The van der Waals surface area contributed by atoms with E-state index in [0.29, 0.717) is 73.4 Å². The Morgan fingerprint density at radius 2 is 1.95 bits per heavy atom. The Bertz CT molecular complexity index is 1200. The van der Waals surface area contributed by atoms with E-state index in [1.807, 2.05) is 32.9 Å². The first-order valence-electron chi connectivity index (χ1n) is 12.2. The van der Waals surface area contributed by atoms with Crippen molar-refractivity contribution in [1.82, 2.24) is 25.6 Å². The maximum Gasteiger partial charge on any atom is 0.261 e. The van der Waals surface area contributed by atoms with Crippen molar-refractivity contribution < 1.29 is 14.3 Å². The van der Waals surface area contributed by atoms with E-state index in [9.17, 15) is 4.79 Å². The average Bonchev–Trinajstić information content (AvgIpc) is 3.29. The van der Waals surface area contributed by atoms with Crippen LogP contribution in [0.1, 0.15) is 33.0 Å². The van der Waals surface area contributed by atoms with Crippen LogP contribution in [0, 0.1) is 0 Å². The van der Waals surface area contributed by atoms with Crippen molar-refractivity contribution in [2.24, 2.45) is 15.1 Å². The minimum atomic E-state index is -0.280. The summed E-state index contributed by atoms with van der Waals surface area (Å²) in [4.78, 5) is 29.3. The van der Waals surface area contributed by atoms with E-state index in [0.717, 1.165) is 11.2 Å². The molecule has 1 aliphatic heterocycles. The van der Waals surface area contributed by atoms with Gasteiger partial charge in [-0.05, 0) is 33.6 Å². The number of fused-ring (bicyclic) bond motifs is 1. The number of aromatic amines is 1. The minimum Gasteiger partial charge on any atom is -0.490 e. The summed E-state index contributed by atoms with van der Waals surface area (Å²) in [6.45, 7) is 15.4. The van der Waals surface area contributed by atoms with E-state index in [1.165, 1.54) is 0 Å². The van der Waals surface area contributed by atoms with Gasteiger partial charge in [0.25, 0.3) is 5.91 Å². The molecular weight excluding hydrogens is 472 g/mol. The van der Waals surface area contributed by atoms with Crippen molar-refractivity contribution in [2.75, 3.05) is 32.8 Å². The van der Waals surface area contributed by atoms with E-state index in [-0.39, 0.29) is 5.91 Å². The van der Waals surface area contributed by atoms with Crippen molar-refractivity contribution in [3.05, 3.63) is 47.8 Å². The fraction of sp³-hybridized carbons (Fsp3) is 0.346. The Balaban J connectivity index is 1.98. The smallest absolute Gasteiger partial charge is 0.261 e. The fourth-order valence-electron chi connectivity index (χ4n) is 3.74. The van der Waals surface area contributed by atoms with Gasteiger partial charge in [-0.3, -0.25) is 19.8 Å². The lowest BCUT2D eigenvalue weighted by atomic mass is 10.0. The fourth-order valence-corrected chi connectivity index (χ4v) is 3.74. The molecule has 1 aromatic carbocycles. The molecule has 0 unspecified atom stereocenters. The van der Waals surface area contributed by atoms with Crippen LogP contribution in [0.15, 0.2) is 57.1 Å². The van der Waals surface area contributed by atoms with Gasteiger partial charge in [0, 0.05) is 68.4 Å². The molecule has 11 heteroatoms. The summed E-state index contributed by atoms with van der Waals surface area (Å²) in [6, 6.07) is 3.66. The highest BCUT2D eigenvalue weighted by molar-refractivity contribution is 6.21. The van der Waals surface area contributed by atoms with Gasteiger partial charge in [0.2, 0.25) is 0 Å². The van der Waals surface area contributed by atoms with Crippen LogP contribution in [0.5, 0.6) is 11.5 Å². The Morgan fingerprint density at radius 3 is 2.62 bits per heavy atom. The van der Waals surface area contributed by atoms with Gasteiger partial charge in [0.1, 0.15) is 11.4 Å². The van der Waals surface area contributed by atoms with Crippen molar-refractivity contribution in [3.8, 4) is 11.5 Å². The molecule has 196 valence electrons. The summed E-state index contributed by atoms with van der Waals surface area (Å²) in [7, 11) is 0. The third kappa shape index (κ3) is 7.06. The highest BCUT2D eigenvalue weighted by Crippen LogP contribution is 2.34. The lowest BCUT2D eigenvalue weighted by molar-refractivity contribution is -0.115. The summed E-state index contributed by atoms with van der Waals surface area (Å²) in [6.07, 6.45) is 7.14. The van der Waals surface area contributed by atoms with E-state index in [4.69, 9.17) is 14.5 Å². The lowest BCUT2D eigenvalue weighted by Gasteiger charge is -2.24. The summed E-state index contributed by atoms with van der Waals surface area (Å²) < 4.78 is 11.5. The molecule has 2 heterocycles. The predicted octanol–water partition coefficient (Wildman–Crippen LogP) is 3.24. The zero-order valence-corrected chi connectivity index (χ0v) is 21.6. The molecule has 2 aromatic rings. The van der Waals surface area contributed by atoms with Gasteiger partial charge in [0.15, 0.2) is 11.5 Å². The first-order valence-corrected chi connectivity index (χ1v) is 12.2. The second-order valence-electron chi connectivity index (χ2n) is 7.81. The summed E-state index contributed by atoms with van der Waals surface area (Å²) in [5.74, 6) is 1.39. The quantitative estimate of drug-likeness (QED) is 0.205. The number of allylic oxidation sites excluding steroid dienone is 1. The molecule has 0 fully saturated rings. The molecule has 37 heavy (non-hydrogen) atoms. The average molecular weight is 507 g/mol. The zero-order valence-electron chi connectivity index (χ0n) is 21.6. The monoisotopic (exact) mass is 506 g/mol. The highest BCUT2D eigenvalue weighted by atomic mass is 16.5. The van der Waals surface area contributed by atoms with Crippen LogP contribution in [0.4, 0.5) is 0 Å². The Hall–Kier alpha value is -4.41. The van der Waals surface area contributed by atoms with Gasteiger partial charge in [-0.15, -0.1) is 0 Å². The van der Waals surface area contributed by atoms with Gasteiger partial charge in [-0.2, -0.15) is 5.10 Å². The molecule has 3 rings (SSSR count). The van der Waals surface area contributed by atoms with Crippen molar-refractivity contribution >= 4 is 42.2 Å². The van der Waals surface area contributed by atoms with E-state index in [1.54, 1.807) is 29.7 Å². The number of hydrazone groups is 1. The second kappa shape index (κ2) is 13.6. The molecule has 0 saturated heterocycles. The van der Waals surface area contributed by atoms with Crippen LogP contribution < -0.4 is 20.1 Å². The Labute approximate surface area is 216 Å². The number of amides is 1. The topological polar surface area (TPSA) is 129 Å². The molecule has 0 atom stereocenters. The van der Waals surface area contributed by atoms with Crippen LogP contribution in [-0.2, 0) is 4.79 Å². The number of hydrogen-bond acceptors (Lipinski definition) is 9. The Morgan fingerprint density at radius 1 is 1.19 bits per heavy atom. The standard InChI is InChI=1S/C26H34N8O3/c1-6-34(28-5)17-18-14-21(30-13-12-29-11-9-10-27-4)24(26(35)31-18)25-32-19-15-22(36-7-2)23(37-8-3)16-20(19)33-25/h9-11,15-17,30H,4-8,12-14H2,1-3H3,(H,31,35)(H,32,33)/b10-9-,18-17+,29-11-.